The average Bonchev–Trinajstić information content (AvgIpc) is 2.90. The van der Waals surface area contributed by atoms with Gasteiger partial charge in [0, 0.05) is 23.8 Å². The summed E-state index contributed by atoms with van der Waals surface area (Å²) in [4.78, 5) is 0. The molecular formula is C32H18F12O2. The maximum atomic E-state index is 14.9. The quantitative estimate of drug-likeness (QED) is 0.106. The predicted octanol–water partition coefficient (Wildman–Crippen LogP) is 10.1. The van der Waals surface area contributed by atoms with Crippen LogP contribution in [-0.4, -0.2) is 6.61 Å². The predicted molar refractivity (Wildman–Crippen MR) is 140 cm³/mol. The first-order chi connectivity index (χ1) is 21.5. The fraction of sp³-hybridized carbons (Fsp3) is 0.188. The van der Waals surface area contributed by atoms with Gasteiger partial charge >= 0.3 is 12.3 Å². The van der Waals surface area contributed by atoms with E-state index < -0.39 is 92.1 Å². The highest BCUT2D eigenvalue weighted by Crippen LogP contribution is 2.39. The third-order valence-electron chi connectivity index (χ3n) is 6.26. The molecule has 46 heavy (non-hydrogen) atoms. The van der Waals surface area contributed by atoms with E-state index >= 15 is 0 Å². The molecule has 0 atom stereocenters. The van der Waals surface area contributed by atoms with Gasteiger partial charge in [0.1, 0.15) is 63.3 Å². The van der Waals surface area contributed by atoms with Crippen molar-refractivity contribution in [3.8, 4) is 34.5 Å². The van der Waals surface area contributed by atoms with Crippen LogP contribution in [0.5, 0.6) is 11.5 Å². The third-order valence-corrected chi connectivity index (χ3v) is 6.26. The van der Waals surface area contributed by atoms with Crippen molar-refractivity contribution in [2.75, 3.05) is 6.61 Å². The Morgan fingerprint density at radius 1 is 0.609 bits per heavy atom. The van der Waals surface area contributed by atoms with Crippen molar-refractivity contribution in [3.63, 3.8) is 0 Å². The molecule has 2 nitrogen and oxygen atoms in total. The molecule has 0 aromatic heterocycles. The van der Waals surface area contributed by atoms with Crippen molar-refractivity contribution in [1.29, 1.82) is 0 Å². The van der Waals surface area contributed by atoms with Crippen LogP contribution in [-0.2, 0) is 12.3 Å². The number of halogens is 12. The van der Waals surface area contributed by atoms with Gasteiger partial charge in [-0.1, -0.05) is 25.2 Å². The Balaban J connectivity index is 1.57. The Labute approximate surface area is 253 Å². The summed E-state index contributed by atoms with van der Waals surface area (Å²) in [6, 6.07) is 4.28. The molecule has 0 bridgehead atoms. The van der Waals surface area contributed by atoms with Crippen molar-refractivity contribution in [2.45, 2.75) is 32.1 Å². The fourth-order valence-electron chi connectivity index (χ4n) is 4.15. The van der Waals surface area contributed by atoms with Crippen LogP contribution in [0.15, 0.2) is 54.6 Å². The Hall–Kier alpha value is -4.80. The molecule has 4 aromatic carbocycles. The summed E-state index contributed by atoms with van der Waals surface area (Å²) in [7, 11) is 0. The highest BCUT2D eigenvalue weighted by molar-refractivity contribution is 5.67. The number of hydrogen-bond acceptors (Lipinski definition) is 2. The van der Waals surface area contributed by atoms with Crippen LogP contribution >= 0.6 is 0 Å². The van der Waals surface area contributed by atoms with Crippen molar-refractivity contribution < 1.29 is 62.2 Å². The van der Waals surface area contributed by atoms with E-state index in [4.69, 9.17) is 4.74 Å². The number of benzene rings is 4. The van der Waals surface area contributed by atoms with Gasteiger partial charge in [0.15, 0.2) is 0 Å². The first kappa shape index (κ1) is 34.1. The van der Waals surface area contributed by atoms with Crippen molar-refractivity contribution >= 4 is 0 Å². The maximum Gasteiger partial charge on any atom is 0.432 e. The second-order valence-electron chi connectivity index (χ2n) is 9.60. The molecule has 0 radical (unpaired) electrons. The summed E-state index contributed by atoms with van der Waals surface area (Å²) in [5, 5.41) is 0. The molecule has 14 heteroatoms. The second kappa shape index (κ2) is 13.3. The second-order valence-corrected chi connectivity index (χ2v) is 9.60. The molecule has 0 saturated heterocycles. The van der Waals surface area contributed by atoms with Crippen LogP contribution in [0, 0.1) is 52.6 Å². The van der Waals surface area contributed by atoms with E-state index in [0.717, 1.165) is 24.6 Å². The van der Waals surface area contributed by atoms with Gasteiger partial charge in [0.25, 0.3) is 0 Å². The van der Waals surface area contributed by atoms with Gasteiger partial charge < -0.3 is 9.47 Å². The summed E-state index contributed by atoms with van der Waals surface area (Å²) < 4.78 is 178. The van der Waals surface area contributed by atoms with E-state index in [2.05, 4.69) is 10.7 Å². The standard InChI is InChI=1S/C32H18F12O2/c1-2-3-8-45-20-14-22(34)28(23(35)15-20)18-11-26(38)30(27(39)12-18)32(43,44)46-19-7-6-17(21(33)13-19)5-4-16-9-24(36)29(25(37)10-16)31(40,41)42/h6-7,9-15H,2-3,8H2,1H3. The Morgan fingerprint density at radius 3 is 1.67 bits per heavy atom. The van der Waals surface area contributed by atoms with Crippen LogP contribution in [0.3, 0.4) is 0 Å². The van der Waals surface area contributed by atoms with Crippen LogP contribution in [0.1, 0.15) is 42.0 Å². The Bertz CT molecular complexity index is 1770. The average molecular weight is 662 g/mol. The molecule has 4 rings (SSSR count). The van der Waals surface area contributed by atoms with Crippen LogP contribution in [0.2, 0.25) is 0 Å². The smallest absolute Gasteiger partial charge is 0.432 e. The molecule has 0 aliphatic heterocycles. The lowest BCUT2D eigenvalue weighted by Gasteiger charge is -2.20. The zero-order valence-corrected chi connectivity index (χ0v) is 23.2. The van der Waals surface area contributed by atoms with E-state index in [1.807, 2.05) is 12.8 Å². The summed E-state index contributed by atoms with van der Waals surface area (Å²) in [5.74, 6) is -8.89. The molecule has 0 aliphatic rings. The van der Waals surface area contributed by atoms with E-state index in [1.165, 1.54) is 0 Å². The van der Waals surface area contributed by atoms with E-state index in [0.29, 0.717) is 18.6 Å². The van der Waals surface area contributed by atoms with Gasteiger partial charge in [0.2, 0.25) is 0 Å². The molecule has 0 spiro atoms. The number of unbranched alkanes of at least 4 members (excludes halogenated alkanes) is 1. The monoisotopic (exact) mass is 662 g/mol. The van der Waals surface area contributed by atoms with Crippen molar-refractivity contribution in [3.05, 3.63) is 118 Å². The van der Waals surface area contributed by atoms with E-state index in [-0.39, 0.29) is 36.6 Å². The molecule has 0 N–H and O–H groups in total. The minimum Gasteiger partial charge on any atom is -0.493 e. The zero-order chi connectivity index (χ0) is 34.0. The lowest BCUT2D eigenvalue weighted by atomic mass is 10.0. The number of rotatable bonds is 8. The first-order valence-corrected chi connectivity index (χ1v) is 13.1. The van der Waals surface area contributed by atoms with E-state index in [9.17, 15) is 52.7 Å². The number of alkyl halides is 5. The number of ether oxygens (including phenoxy) is 2. The summed E-state index contributed by atoms with van der Waals surface area (Å²) >= 11 is 0. The highest BCUT2D eigenvalue weighted by Gasteiger charge is 2.42. The van der Waals surface area contributed by atoms with Gasteiger partial charge in [-0.2, -0.15) is 22.0 Å². The Kier molecular flexibility index (Phi) is 9.84. The van der Waals surface area contributed by atoms with Crippen LogP contribution in [0.4, 0.5) is 52.7 Å². The van der Waals surface area contributed by atoms with Gasteiger partial charge in [0.05, 0.1) is 17.7 Å². The molecule has 0 unspecified atom stereocenters. The van der Waals surface area contributed by atoms with E-state index in [1.54, 1.807) is 0 Å². The van der Waals surface area contributed by atoms with Gasteiger partial charge in [-0.3, -0.25) is 0 Å². The minimum absolute atomic E-state index is 0.146. The van der Waals surface area contributed by atoms with Gasteiger partial charge in [-0.25, -0.2) is 30.7 Å². The first-order valence-electron chi connectivity index (χ1n) is 13.1. The summed E-state index contributed by atoms with van der Waals surface area (Å²) in [6.07, 6.45) is -8.81. The molecule has 0 heterocycles. The number of hydrogen-bond donors (Lipinski definition) is 0. The van der Waals surface area contributed by atoms with Gasteiger partial charge in [-0.05, 0) is 48.4 Å². The molecule has 0 saturated carbocycles. The lowest BCUT2D eigenvalue weighted by Crippen LogP contribution is -2.25. The molecule has 0 fully saturated rings. The molecule has 242 valence electrons. The van der Waals surface area contributed by atoms with Gasteiger partial charge in [-0.15, -0.1) is 0 Å². The van der Waals surface area contributed by atoms with Crippen LogP contribution < -0.4 is 9.47 Å². The third kappa shape index (κ3) is 7.52. The largest absolute Gasteiger partial charge is 0.493 e. The lowest BCUT2D eigenvalue weighted by molar-refractivity contribution is -0.189. The maximum absolute atomic E-state index is 14.9. The Morgan fingerprint density at radius 2 is 1.15 bits per heavy atom. The van der Waals surface area contributed by atoms with Crippen LogP contribution in [0.25, 0.3) is 11.1 Å². The molecule has 4 aromatic rings. The molecule has 0 amide bonds. The summed E-state index contributed by atoms with van der Waals surface area (Å²) in [5.41, 5.74) is -6.99. The highest BCUT2D eigenvalue weighted by atomic mass is 19.4. The SMILES string of the molecule is CCCCOc1cc(F)c(-c2cc(F)c(C(F)(F)Oc3ccc(C#Cc4cc(F)c(C(F)(F)F)c(F)c4)c(F)c3)c(F)c2)c(F)c1. The van der Waals surface area contributed by atoms with Crippen molar-refractivity contribution in [1.82, 2.24) is 0 Å². The summed E-state index contributed by atoms with van der Waals surface area (Å²) in [6.45, 7) is 2.00. The normalized spacial score (nSPS) is 11.7. The van der Waals surface area contributed by atoms with Crippen molar-refractivity contribution in [2.24, 2.45) is 0 Å². The zero-order valence-electron chi connectivity index (χ0n) is 23.2. The molecule has 0 aliphatic carbocycles. The molecular weight excluding hydrogens is 644 g/mol. The minimum atomic E-state index is -5.33. The topological polar surface area (TPSA) is 18.5 Å². The fourth-order valence-corrected chi connectivity index (χ4v) is 4.15.